The van der Waals surface area contributed by atoms with Crippen LogP contribution in [0.4, 0.5) is 5.69 Å². The van der Waals surface area contributed by atoms with Crippen LogP contribution in [0.2, 0.25) is 0 Å². The van der Waals surface area contributed by atoms with Gasteiger partial charge in [0.2, 0.25) is 0 Å². The van der Waals surface area contributed by atoms with Gasteiger partial charge < -0.3 is 9.64 Å². The van der Waals surface area contributed by atoms with Gasteiger partial charge in [-0.2, -0.15) is 17.7 Å². The van der Waals surface area contributed by atoms with E-state index in [1.165, 1.54) is 4.68 Å². The summed E-state index contributed by atoms with van der Waals surface area (Å²) in [5, 5.41) is 4.18. The number of methoxy groups -OCH3 is 1. The van der Waals surface area contributed by atoms with E-state index in [1.807, 2.05) is 11.9 Å². The lowest BCUT2D eigenvalue weighted by Gasteiger charge is -2.18. The highest BCUT2D eigenvalue weighted by atomic mass is 32.1. The molecular weight excluding hydrogens is 250 g/mol. The van der Waals surface area contributed by atoms with Gasteiger partial charge >= 0.3 is 0 Å². The SMILES string of the molecule is COCCN(C)c1cnn(CCCCS)c(=O)c1. The molecule has 6 heteroatoms. The molecule has 0 fully saturated rings. The van der Waals surface area contributed by atoms with E-state index in [-0.39, 0.29) is 5.56 Å². The van der Waals surface area contributed by atoms with Crippen LogP contribution in [0.5, 0.6) is 0 Å². The third-order valence-corrected chi connectivity index (χ3v) is 3.02. The summed E-state index contributed by atoms with van der Waals surface area (Å²) in [6, 6.07) is 1.61. The van der Waals surface area contributed by atoms with Crippen molar-refractivity contribution in [1.82, 2.24) is 9.78 Å². The van der Waals surface area contributed by atoms with Crippen LogP contribution in [0.1, 0.15) is 12.8 Å². The minimum absolute atomic E-state index is 0.0593. The molecule has 0 saturated heterocycles. The molecule has 102 valence electrons. The second-order valence-corrected chi connectivity index (χ2v) is 4.57. The van der Waals surface area contributed by atoms with E-state index in [2.05, 4.69) is 17.7 Å². The third kappa shape index (κ3) is 4.70. The van der Waals surface area contributed by atoms with Crippen molar-refractivity contribution >= 4 is 18.3 Å². The Labute approximate surface area is 113 Å². The first-order valence-electron chi connectivity index (χ1n) is 6.07. The van der Waals surface area contributed by atoms with Crippen LogP contribution in [0.25, 0.3) is 0 Å². The zero-order chi connectivity index (χ0) is 13.4. The number of aromatic nitrogens is 2. The Bertz CT molecular complexity index is 409. The number of anilines is 1. The van der Waals surface area contributed by atoms with Crippen molar-refractivity contribution in [2.45, 2.75) is 19.4 Å². The van der Waals surface area contributed by atoms with Crippen LogP contribution in [0.3, 0.4) is 0 Å². The lowest BCUT2D eigenvalue weighted by molar-refractivity contribution is 0.206. The van der Waals surface area contributed by atoms with Crippen molar-refractivity contribution in [2.75, 3.05) is 38.0 Å². The van der Waals surface area contributed by atoms with Gasteiger partial charge in [0.05, 0.1) is 18.5 Å². The molecule has 5 nitrogen and oxygen atoms in total. The van der Waals surface area contributed by atoms with Crippen molar-refractivity contribution in [2.24, 2.45) is 0 Å². The van der Waals surface area contributed by atoms with Gasteiger partial charge in [-0.1, -0.05) is 0 Å². The summed E-state index contributed by atoms with van der Waals surface area (Å²) in [6.07, 6.45) is 3.64. The average Bonchev–Trinajstić information content (AvgIpc) is 2.38. The normalized spacial score (nSPS) is 10.6. The second kappa shape index (κ2) is 8.16. The fourth-order valence-electron chi connectivity index (χ4n) is 1.53. The van der Waals surface area contributed by atoms with Crippen LogP contribution < -0.4 is 10.5 Å². The van der Waals surface area contributed by atoms with E-state index in [1.54, 1.807) is 19.4 Å². The van der Waals surface area contributed by atoms with Crippen LogP contribution in [0.15, 0.2) is 17.1 Å². The molecule has 1 heterocycles. The summed E-state index contributed by atoms with van der Waals surface area (Å²) in [5.74, 6) is 0.840. The molecule has 1 aromatic heterocycles. The maximum atomic E-state index is 11.8. The summed E-state index contributed by atoms with van der Waals surface area (Å²) < 4.78 is 6.50. The smallest absolute Gasteiger partial charge is 0.268 e. The second-order valence-electron chi connectivity index (χ2n) is 4.12. The molecule has 0 atom stereocenters. The molecule has 18 heavy (non-hydrogen) atoms. The zero-order valence-corrected chi connectivity index (χ0v) is 11.9. The van der Waals surface area contributed by atoms with Gasteiger partial charge in [-0.25, -0.2) is 4.68 Å². The number of likely N-dealkylation sites (N-methyl/N-ethyl adjacent to an activating group) is 1. The molecule has 0 aliphatic rings. The largest absolute Gasteiger partial charge is 0.383 e. The van der Waals surface area contributed by atoms with Crippen molar-refractivity contribution < 1.29 is 4.74 Å². The van der Waals surface area contributed by atoms with Crippen molar-refractivity contribution in [3.8, 4) is 0 Å². The molecule has 1 rings (SSSR count). The first-order valence-corrected chi connectivity index (χ1v) is 6.70. The third-order valence-electron chi connectivity index (χ3n) is 2.70. The Morgan fingerprint density at radius 1 is 1.50 bits per heavy atom. The average molecular weight is 271 g/mol. The highest BCUT2D eigenvalue weighted by molar-refractivity contribution is 7.80. The number of hydrogen-bond acceptors (Lipinski definition) is 5. The predicted octanol–water partition coefficient (Wildman–Crippen LogP) is 1.04. The number of nitrogens with zero attached hydrogens (tertiary/aromatic N) is 3. The summed E-state index contributed by atoms with van der Waals surface area (Å²) >= 11 is 4.14. The number of ether oxygens (including phenoxy) is 1. The lowest BCUT2D eigenvalue weighted by Crippen LogP contribution is -2.27. The van der Waals surface area contributed by atoms with Crippen molar-refractivity contribution in [3.63, 3.8) is 0 Å². The molecule has 0 unspecified atom stereocenters. The fourth-order valence-corrected chi connectivity index (χ4v) is 1.76. The predicted molar refractivity (Wildman–Crippen MR) is 76.7 cm³/mol. The molecule has 1 aromatic rings. The summed E-state index contributed by atoms with van der Waals surface area (Å²) in [4.78, 5) is 13.8. The Morgan fingerprint density at radius 3 is 2.89 bits per heavy atom. The van der Waals surface area contributed by atoms with Crippen LogP contribution in [-0.4, -0.2) is 42.8 Å². The van der Waals surface area contributed by atoms with Crippen LogP contribution >= 0.6 is 12.6 Å². The number of rotatable bonds is 8. The van der Waals surface area contributed by atoms with Gasteiger partial charge in [-0.3, -0.25) is 4.79 Å². The number of thiol groups is 1. The molecule has 0 saturated carbocycles. The topological polar surface area (TPSA) is 47.4 Å². The Balaban J connectivity index is 2.64. The molecule has 0 bridgehead atoms. The zero-order valence-electron chi connectivity index (χ0n) is 11.0. The van der Waals surface area contributed by atoms with Crippen LogP contribution in [-0.2, 0) is 11.3 Å². The number of unbranched alkanes of at least 4 members (excludes halogenated alkanes) is 1. The molecule has 0 aliphatic heterocycles. The van der Waals surface area contributed by atoms with Gasteiger partial charge in [0, 0.05) is 33.3 Å². The van der Waals surface area contributed by atoms with Crippen molar-refractivity contribution in [3.05, 3.63) is 22.6 Å². The molecule has 0 aliphatic carbocycles. The molecule has 0 radical (unpaired) electrons. The fraction of sp³-hybridized carbons (Fsp3) is 0.667. The maximum Gasteiger partial charge on any atom is 0.268 e. The van der Waals surface area contributed by atoms with E-state index < -0.39 is 0 Å². The monoisotopic (exact) mass is 271 g/mol. The molecular formula is C12H21N3O2S. The minimum atomic E-state index is -0.0593. The van der Waals surface area contributed by atoms with Crippen molar-refractivity contribution in [1.29, 1.82) is 0 Å². The highest BCUT2D eigenvalue weighted by Crippen LogP contribution is 2.06. The standard InChI is InChI=1S/C12H21N3O2S/c1-14(6-7-17-2)11-9-12(16)15(13-10-11)5-3-4-8-18/h9-10,18H,3-8H2,1-2H3. The molecule has 0 amide bonds. The Kier molecular flexibility index (Phi) is 6.82. The van der Waals surface area contributed by atoms with E-state index in [9.17, 15) is 4.79 Å². The van der Waals surface area contributed by atoms with Gasteiger partial charge in [0.1, 0.15) is 0 Å². The quantitative estimate of drug-likeness (QED) is 0.567. The lowest BCUT2D eigenvalue weighted by atomic mass is 10.3. The Morgan fingerprint density at radius 2 is 2.28 bits per heavy atom. The van der Waals surface area contributed by atoms with E-state index in [0.717, 1.165) is 30.8 Å². The highest BCUT2D eigenvalue weighted by Gasteiger charge is 2.04. The summed E-state index contributed by atoms with van der Waals surface area (Å²) in [7, 11) is 3.58. The number of aryl methyl sites for hydroxylation is 1. The maximum absolute atomic E-state index is 11.8. The van der Waals surface area contributed by atoms with Gasteiger partial charge in [-0.05, 0) is 18.6 Å². The molecule has 0 aromatic carbocycles. The van der Waals surface area contributed by atoms with Crippen LogP contribution in [0, 0.1) is 0 Å². The first kappa shape index (κ1) is 15.0. The Hall–Kier alpha value is -1.01. The van der Waals surface area contributed by atoms with E-state index in [0.29, 0.717) is 13.2 Å². The van der Waals surface area contributed by atoms with Gasteiger partial charge in [0.25, 0.3) is 5.56 Å². The van der Waals surface area contributed by atoms with E-state index in [4.69, 9.17) is 4.74 Å². The minimum Gasteiger partial charge on any atom is -0.383 e. The first-order chi connectivity index (χ1) is 8.69. The van der Waals surface area contributed by atoms with Gasteiger partial charge in [-0.15, -0.1) is 0 Å². The summed E-state index contributed by atoms with van der Waals surface area (Å²) in [5.41, 5.74) is 0.762. The van der Waals surface area contributed by atoms with Gasteiger partial charge in [0.15, 0.2) is 0 Å². The molecule has 0 spiro atoms. The number of hydrogen-bond donors (Lipinski definition) is 1. The summed E-state index contributed by atoms with van der Waals surface area (Å²) in [6.45, 7) is 2.02. The van der Waals surface area contributed by atoms with E-state index >= 15 is 0 Å². The molecule has 0 N–H and O–H groups in total.